The molecular formula is C15H16Cl2N2O3. The summed E-state index contributed by atoms with van der Waals surface area (Å²) in [6.45, 7) is 5.82. The lowest BCUT2D eigenvalue weighted by Crippen LogP contribution is -2.19. The molecule has 118 valence electrons. The van der Waals surface area contributed by atoms with Crippen molar-refractivity contribution in [2.24, 2.45) is 0 Å². The van der Waals surface area contributed by atoms with E-state index < -0.39 is 0 Å². The van der Waals surface area contributed by atoms with Crippen LogP contribution in [0.2, 0.25) is 10.0 Å². The van der Waals surface area contributed by atoms with E-state index in [1.54, 1.807) is 24.3 Å². The van der Waals surface area contributed by atoms with Crippen LogP contribution in [-0.2, 0) is 10.2 Å². The van der Waals surface area contributed by atoms with Crippen molar-refractivity contribution in [2.45, 2.75) is 26.2 Å². The third kappa shape index (κ3) is 4.64. The number of benzene rings is 1. The quantitative estimate of drug-likeness (QED) is 0.899. The Hall–Kier alpha value is -1.72. The average molecular weight is 343 g/mol. The van der Waals surface area contributed by atoms with Gasteiger partial charge in [-0.15, -0.1) is 0 Å². The number of aromatic nitrogens is 1. The van der Waals surface area contributed by atoms with Crippen LogP contribution in [0, 0.1) is 0 Å². The molecule has 7 heteroatoms. The summed E-state index contributed by atoms with van der Waals surface area (Å²) in [5.74, 6) is 0.330. The molecular weight excluding hydrogens is 327 g/mol. The van der Waals surface area contributed by atoms with Gasteiger partial charge < -0.3 is 9.26 Å². The summed E-state index contributed by atoms with van der Waals surface area (Å²) in [5, 5.41) is 7.37. The Balaban J connectivity index is 1.92. The smallest absolute Gasteiger partial charge is 0.264 e. The van der Waals surface area contributed by atoms with Crippen LogP contribution >= 0.6 is 23.2 Å². The van der Waals surface area contributed by atoms with Gasteiger partial charge in [0.05, 0.1) is 5.69 Å². The summed E-state index contributed by atoms with van der Waals surface area (Å²) in [6, 6.07) is 6.42. The SMILES string of the molecule is CC(C)(C)c1cc(NC(=O)COc2cc(Cl)cc(Cl)c2)on1. The minimum atomic E-state index is -0.368. The minimum absolute atomic E-state index is 0.152. The highest BCUT2D eigenvalue weighted by Crippen LogP contribution is 2.25. The standard InChI is InChI=1S/C15H16Cl2N2O3/c1-15(2,3)12-7-14(22-19-12)18-13(20)8-21-11-5-9(16)4-10(17)6-11/h4-7H,8H2,1-3H3,(H,18,20). The van der Waals surface area contributed by atoms with Gasteiger partial charge in [-0.25, -0.2) is 0 Å². The first-order chi connectivity index (χ1) is 10.2. The largest absolute Gasteiger partial charge is 0.484 e. The molecule has 1 N–H and O–H groups in total. The first kappa shape index (κ1) is 16.6. The molecule has 22 heavy (non-hydrogen) atoms. The molecule has 1 aromatic heterocycles. The van der Waals surface area contributed by atoms with Crippen LogP contribution in [-0.4, -0.2) is 17.7 Å². The van der Waals surface area contributed by atoms with Crippen molar-refractivity contribution < 1.29 is 14.1 Å². The fourth-order valence-electron chi connectivity index (χ4n) is 1.62. The lowest BCUT2D eigenvalue weighted by Gasteiger charge is -2.12. The van der Waals surface area contributed by atoms with Gasteiger partial charge in [0.25, 0.3) is 5.91 Å². The van der Waals surface area contributed by atoms with E-state index in [2.05, 4.69) is 10.5 Å². The van der Waals surface area contributed by atoms with Gasteiger partial charge in [0.2, 0.25) is 5.88 Å². The number of halogens is 2. The predicted molar refractivity (Wildman–Crippen MR) is 85.8 cm³/mol. The average Bonchev–Trinajstić information content (AvgIpc) is 2.83. The van der Waals surface area contributed by atoms with Gasteiger partial charge in [-0.3, -0.25) is 10.1 Å². The Morgan fingerprint density at radius 3 is 2.41 bits per heavy atom. The summed E-state index contributed by atoms with van der Waals surface area (Å²) < 4.78 is 10.4. The molecule has 0 bridgehead atoms. The van der Waals surface area contributed by atoms with Crippen LogP contribution in [0.4, 0.5) is 5.88 Å². The van der Waals surface area contributed by atoms with Gasteiger partial charge in [-0.2, -0.15) is 0 Å². The van der Waals surface area contributed by atoms with E-state index in [1.165, 1.54) is 0 Å². The molecule has 5 nitrogen and oxygen atoms in total. The first-order valence-electron chi connectivity index (χ1n) is 6.60. The zero-order valence-corrected chi connectivity index (χ0v) is 14.0. The second kappa shape index (κ2) is 6.58. The topological polar surface area (TPSA) is 64.4 Å². The molecule has 0 spiro atoms. The van der Waals surface area contributed by atoms with E-state index in [9.17, 15) is 4.79 Å². The molecule has 2 aromatic rings. The zero-order chi connectivity index (χ0) is 16.3. The molecule has 0 unspecified atom stereocenters. The van der Waals surface area contributed by atoms with Crippen molar-refractivity contribution in [1.29, 1.82) is 0 Å². The van der Waals surface area contributed by atoms with E-state index in [-0.39, 0.29) is 23.8 Å². The Morgan fingerprint density at radius 2 is 1.86 bits per heavy atom. The van der Waals surface area contributed by atoms with E-state index in [1.807, 2.05) is 20.8 Å². The van der Waals surface area contributed by atoms with Crippen molar-refractivity contribution in [3.05, 3.63) is 40.0 Å². The third-order valence-electron chi connectivity index (χ3n) is 2.75. The van der Waals surface area contributed by atoms with Crippen LogP contribution in [0.1, 0.15) is 26.5 Å². The molecule has 1 heterocycles. The molecule has 0 saturated carbocycles. The highest BCUT2D eigenvalue weighted by molar-refractivity contribution is 6.34. The van der Waals surface area contributed by atoms with Crippen LogP contribution in [0.5, 0.6) is 5.75 Å². The Kier molecular flexibility index (Phi) is 4.98. The fraction of sp³-hybridized carbons (Fsp3) is 0.333. The zero-order valence-electron chi connectivity index (χ0n) is 12.4. The number of hydrogen-bond donors (Lipinski definition) is 1. The van der Waals surface area contributed by atoms with Gasteiger partial charge >= 0.3 is 0 Å². The number of nitrogens with zero attached hydrogens (tertiary/aromatic N) is 1. The predicted octanol–water partition coefficient (Wildman–Crippen LogP) is 4.30. The van der Waals surface area contributed by atoms with Crippen LogP contribution in [0.25, 0.3) is 0 Å². The van der Waals surface area contributed by atoms with Gasteiger partial charge in [-0.05, 0) is 18.2 Å². The van der Waals surface area contributed by atoms with E-state index in [0.29, 0.717) is 15.8 Å². The highest BCUT2D eigenvalue weighted by Gasteiger charge is 2.19. The number of nitrogens with one attached hydrogen (secondary N) is 1. The summed E-state index contributed by atoms with van der Waals surface area (Å²) >= 11 is 11.7. The normalized spacial score (nSPS) is 11.3. The van der Waals surface area contributed by atoms with Crippen molar-refractivity contribution >= 4 is 35.0 Å². The van der Waals surface area contributed by atoms with E-state index in [0.717, 1.165) is 5.69 Å². The molecule has 0 aliphatic rings. The molecule has 0 fully saturated rings. The number of carbonyl (C=O) groups is 1. The summed E-state index contributed by atoms with van der Waals surface area (Å²) in [7, 11) is 0. The number of amides is 1. The lowest BCUT2D eigenvalue weighted by atomic mass is 9.92. The Labute approximate surface area is 138 Å². The van der Waals surface area contributed by atoms with Gasteiger partial charge in [0, 0.05) is 21.5 Å². The van der Waals surface area contributed by atoms with Crippen molar-refractivity contribution in [3.63, 3.8) is 0 Å². The van der Waals surface area contributed by atoms with Crippen LogP contribution in [0.3, 0.4) is 0 Å². The number of rotatable bonds is 4. The molecule has 0 atom stereocenters. The minimum Gasteiger partial charge on any atom is -0.484 e. The molecule has 2 rings (SSSR count). The number of ether oxygens (including phenoxy) is 1. The van der Waals surface area contributed by atoms with E-state index in [4.69, 9.17) is 32.5 Å². The maximum absolute atomic E-state index is 11.8. The Bertz CT molecular complexity index is 657. The van der Waals surface area contributed by atoms with Gasteiger partial charge in [-0.1, -0.05) is 49.1 Å². The second-order valence-corrected chi connectivity index (χ2v) is 6.64. The maximum Gasteiger partial charge on any atom is 0.264 e. The fourth-order valence-corrected chi connectivity index (χ4v) is 2.13. The number of anilines is 1. The molecule has 1 aromatic carbocycles. The molecule has 1 amide bonds. The van der Waals surface area contributed by atoms with E-state index >= 15 is 0 Å². The Morgan fingerprint density at radius 1 is 1.23 bits per heavy atom. The summed E-state index contributed by atoms with van der Waals surface area (Å²) in [5.41, 5.74) is 0.603. The van der Waals surface area contributed by atoms with Crippen LogP contribution < -0.4 is 10.1 Å². The number of carbonyl (C=O) groups excluding carboxylic acids is 1. The van der Waals surface area contributed by atoms with Crippen molar-refractivity contribution in [3.8, 4) is 5.75 Å². The van der Waals surface area contributed by atoms with Crippen molar-refractivity contribution in [1.82, 2.24) is 5.16 Å². The molecule has 0 saturated heterocycles. The molecule has 0 aliphatic heterocycles. The van der Waals surface area contributed by atoms with Gasteiger partial charge in [0.15, 0.2) is 6.61 Å². The molecule has 0 radical (unpaired) electrons. The lowest BCUT2D eigenvalue weighted by molar-refractivity contribution is -0.118. The monoisotopic (exact) mass is 342 g/mol. The molecule has 0 aliphatic carbocycles. The number of hydrogen-bond acceptors (Lipinski definition) is 4. The second-order valence-electron chi connectivity index (χ2n) is 5.77. The maximum atomic E-state index is 11.8. The summed E-state index contributed by atoms with van der Waals surface area (Å²) in [6.07, 6.45) is 0. The first-order valence-corrected chi connectivity index (χ1v) is 7.35. The highest BCUT2D eigenvalue weighted by atomic mass is 35.5. The third-order valence-corrected chi connectivity index (χ3v) is 3.18. The van der Waals surface area contributed by atoms with Gasteiger partial charge in [0.1, 0.15) is 5.75 Å². The summed E-state index contributed by atoms with van der Waals surface area (Å²) in [4.78, 5) is 11.8. The van der Waals surface area contributed by atoms with Crippen molar-refractivity contribution in [2.75, 3.05) is 11.9 Å². The van der Waals surface area contributed by atoms with Crippen LogP contribution in [0.15, 0.2) is 28.8 Å².